The summed E-state index contributed by atoms with van der Waals surface area (Å²) in [5.41, 5.74) is 6.00. The molecule has 84 valence electrons. The molecule has 3 heteroatoms. The summed E-state index contributed by atoms with van der Waals surface area (Å²) in [6, 6.07) is 0.229. The van der Waals surface area contributed by atoms with Gasteiger partial charge in [0.1, 0.15) is 0 Å². The van der Waals surface area contributed by atoms with E-state index in [0.29, 0.717) is 5.92 Å². The monoisotopic (exact) mass is 200 g/mol. The van der Waals surface area contributed by atoms with E-state index in [1.54, 1.807) is 7.11 Å². The fourth-order valence-electron chi connectivity index (χ4n) is 1.17. The van der Waals surface area contributed by atoms with Gasteiger partial charge in [-0.3, -0.25) is 4.90 Å². The molecule has 14 heavy (non-hydrogen) atoms. The van der Waals surface area contributed by atoms with Gasteiger partial charge in [0.15, 0.2) is 0 Å². The Kier molecular flexibility index (Phi) is 7.76. The average molecular weight is 200 g/mol. The van der Waals surface area contributed by atoms with Crippen LogP contribution in [-0.4, -0.2) is 44.3 Å². The minimum Gasteiger partial charge on any atom is -0.383 e. The van der Waals surface area contributed by atoms with Gasteiger partial charge in [0, 0.05) is 32.8 Å². The Labute approximate surface area is 87.9 Å². The van der Waals surface area contributed by atoms with Crippen LogP contribution in [0.3, 0.4) is 0 Å². The average Bonchev–Trinajstić information content (AvgIpc) is 2.14. The molecule has 1 unspecified atom stereocenters. The smallest absolute Gasteiger partial charge is 0.0589 e. The molecule has 0 spiro atoms. The Hall–Kier alpha value is -0.380. The highest BCUT2D eigenvalue weighted by Gasteiger charge is 2.12. The molecule has 0 rings (SSSR count). The summed E-state index contributed by atoms with van der Waals surface area (Å²) >= 11 is 0. The first-order valence-electron chi connectivity index (χ1n) is 5.19. The quantitative estimate of drug-likeness (QED) is 0.596. The number of ether oxygens (including phenoxy) is 1. The molecule has 0 saturated heterocycles. The van der Waals surface area contributed by atoms with Gasteiger partial charge in [0.05, 0.1) is 6.61 Å². The molecule has 0 amide bonds. The zero-order chi connectivity index (χ0) is 11.0. The van der Waals surface area contributed by atoms with Crippen molar-refractivity contribution in [3.05, 3.63) is 12.7 Å². The summed E-state index contributed by atoms with van der Waals surface area (Å²) in [5.74, 6) is 0.518. The van der Waals surface area contributed by atoms with E-state index in [2.05, 4.69) is 25.3 Å². The van der Waals surface area contributed by atoms with Crippen LogP contribution >= 0.6 is 0 Å². The highest BCUT2D eigenvalue weighted by molar-refractivity contribution is 4.77. The number of rotatable bonds is 8. The van der Waals surface area contributed by atoms with Crippen LogP contribution in [0, 0.1) is 5.92 Å². The second kappa shape index (κ2) is 7.97. The highest BCUT2D eigenvalue weighted by Crippen LogP contribution is 2.01. The lowest BCUT2D eigenvalue weighted by molar-refractivity contribution is 0.147. The van der Waals surface area contributed by atoms with Crippen LogP contribution < -0.4 is 5.73 Å². The molecule has 3 nitrogen and oxygen atoms in total. The Balaban J connectivity index is 3.87. The van der Waals surface area contributed by atoms with Gasteiger partial charge in [0.2, 0.25) is 0 Å². The SMILES string of the molecule is C=CCN(CCOC)CC(N)C(C)C. The van der Waals surface area contributed by atoms with Crippen LogP contribution in [0.1, 0.15) is 13.8 Å². The maximum absolute atomic E-state index is 6.00. The van der Waals surface area contributed by atoms with Gasteiger partial charge in [-0.25, -0.2) is 0 Å². The molecule has 2 N–H and O–H groups in total. The van der Waals surface area contributed by atoms with E-state index in [0.717, 1.165) is 26.2 Å². The summed E-state index contributed by atoms with van der Waals surface area (Å²) in [6.45, 7) is 11.5. The van der Waals surface area contributed by atoms with Crippen molar-refractivity contribution >= 4 is 0 Å². The van der Waals surface area contributed by atoms with E-state index in [-0.39, 0.29) is 6.04 Å². The van der Waals surface area contributed by atoms with E-state index in [4.69, 9.17) is 10.5 Å². The Morgan fingerprint density at radius 1 is 1.50 bits per heavy atom. The fourth-order valence-corrected chi connectivity index (χ4v) is 1.17. The Morgan fingerprint density at radius 2 is 2.14 bits per heavy atom. The third kappa shape index (κ3) is 6.13. The molecule has 1 atom stereocenters. The summed E-state index contributed by atoms with van der Waals surface area (Å²) in [7, 11) is 1.72. The first-order valence-corrected chi connectivity index (χ1v) is 5.19. The van der Waals surface area contributed by atoms with Gasteiger partial charge in [0.25, 0.3) is 0 Å². The predicted octanol–water partition coefficient (Wildman–Crippen LogP) is 1.10. The van der Waals surface area contributed by atoms with Gasteiger partial charge in [-0.15, -0.1) is 6.58 Å². The minimum atomic E-state index is 0.229. The van der Waals surface area contributed by atoms with Crippen LogP contribution in [0.5, 0.6) is 0 Å². The van der Waals surface area contributed by atoms with E-state index in [1.165, 1.54) is 0 Å². The van der Waals surface area contributed by atoms with Crippen molar-refractivity contribution in [1.29, 1.82) is 0 Å². The van der Waals surface area contributed by atoms with Crippen LogP contribution in [0.15, 0.2) is 12.7 Å². The third-order valence-electron chi connectivity index (χ3n) is 2.32. The fraction of sp³-hybridized carbons (Fsp3) is 0.818. The first-order chi connectivity index (χ1) is 6.61. The zero-order valence-corrected chi connectivity index (χ0v) is 9.70. The lowest BCUT2D eigenvalue weighted by atomic mass is 10.1. The van der Waals surface area contributed by atoms with Gasteiger partial charge in [-0.1, -0.05) is 19.9 Å². The molecule has 0 radical (unpaired) electrons. The van der Waals surface area contributed by atoms with Crippen molar-refractivity contribution in [1.82, 2.24) is 4.90 Å². The van der Waals surface area contributed by atoms with Crippen LogP contribution in [-0.2, 0) is 4.74 Å². The van der Waals surface area contributed by atoms with Gasteiger partial charge >= 0.3 is 0 Å². The van der Waals surface area contributed by atoms with Crippen molar-refractivity contribution in [2.24, 2.45) is 11.7 Å². The predicted molar refractivity (Wildman–Crippen MR) is 61.3 cm³/mol. The molecule has 0 bridgehead atoms. The van der Waals surface area contributed by atoms with Crippen molar-refractivity contribution in [3.8, 4) is 0 Å². The second-order valence-corrected chi connectivity index (χ2v) is 3.95. The van der Waals surface area contributed by atoms with Crippen molar-refractivity contribution in [2.45, 2.75) is 19.9 Å². The lowest BCUT2D eigenvalue weighted by Gasteiger charge is -2.26. The topological polar surface area (TPSA) is 38.5 Å². The molecule has 0 saturated carbocycles. The van der Waals surface area contributed by atoms with E-state index in [9.17, 15) is 0 Å². The number of nitrogens with zero attached hydrogens (tertiary/aromatic N) is 1. The molecule has 0 aliphatic heterocycles. The zero-order valence-electron chi connectivity index (χ0n) is 9.70. The van der Waals surface area contributed by atoms with Gasteiger partial charge in [-0.2, -0.15) is 0 Å². The molecule has 0 aliphatic rings. The molecular weight excluding hydrogens is 176 g/mol. The summed E-state index contributed by atoms with van der Waals surface area (Å²) in [4.78, 5) is 2.27. The van der Waals surface area contributed by atoms with Crippen LogP contribution in [0.4, 0.5) is 0 Å². The maximum Gasteiger partial charge on any atom is 0.0589 e. The summed E-state index contributed by atoms with van der Waals surface area (Å²) in [5, 5.41) is 0. The third-order valence-corrected chi connectivity index (χ3v) is 2.32. The van der Waals surface area contributed by atoms with E-state index in [1.807, 2.05) is 6.08 Å². The van der Waals surface area contributed by atoms with Crippen molar-refractivity contribution < 1.29 is 4.74 Å². The van der Waals surface area contributed by atoms with Crippen molar-refractivity contribution in [3.63, 3.8) is 0 Å². The summed E-state index contributed by atoms with van der Waals surface area (Å²) in [6.07, 6.45) is 1.91. The maximum atomic E-state index is 6.00. The number of nitrogens with two attached hydrogens (primary N) is 1. The van der Waals surface area contributed by atoms with Crippen molar-refractivity contribution in [2.75, 3.05) is 33.4 Å². The summed E-state index contributed by atoms with van der Waals surface area (Å²) < 4.78 is 5.04. The van der Waals surface area contributed by atoms with Gasteiger partial charge < -0.3 is 10.5 Å². The van der Waals surface area contributed by atoms with E-state index < -0.39 is 0 Å². The second-order valence-electron chi connectivity index (χ2n) is 3.95. The standard InChI is InChI=1S/C11H24N2O/c1-5-6-13(7-8-14-4)9-11(12)10(2)3/h5,10-11H,1,6-9,12H2,2-4H3. The molecule has 0 heterocycles. The van der Waals surface area contributed by atoms with E-state index >= 15 is 0 Å². The van der Waals surface area contributed by atoms with Gasteiger partial charge in [-0.05, 0) is 5.92 Å². The lowest BCUT2D eigenvalue weighted by Crippen LogP contribution is -2.42. The molecule has 0 fully saturated rings. The molecule has 0 aromatic rings. The number of hydrogen-bond acceptors (Lipinski definition) is 3. The van der Waals surface area contributed by atoms with Crippen LogP contribution in [0.25, 0.3) is 0 Å². The molecule has 0 aromatic heterocycles. The number of methoxy groups -OCH3 is 1. The minimum absolute atomic E-state index is 0.229. The first kappa shape index (κ1) is 13.6. The Bertz CT molecular complexity index is 148. The Morgan fingerprint density at radius 3 is 2.57 bits per heavy atom. The van der Waals surface area contributed by atoms with Crippen LogP contribution in [0.2, 0.25) is 0 Å². The highest BCUT2D eigenvalue weighted by atomic mass is 16.5. The normalized spacial score (nSPS) is 13.6. The molecular formula is C11H24N2O. The number of hydrogen-bond donors (Lipinski definition) is 1. The molecule has 0 aromatic carbocycles. The molecule has 0 aliphatic carbocycles. The largest absolute Gasteiger partial charge is 0.383 e.